The minimum Gasteiger partial charge on any atom is -0.345 e. The molecule has 1 aromatic heterocycles. The summed E-state index contributed by atoms with van der Waals surface area (Å²) >= 11 is 0. The number of anilines is 1. The van der Waals surface area contributed by atoms with Gasteiger partial charge in [-0.05, 0) is 24.6 Å². The van der Waals surface area contributed by atoms with E-state index in [9.17, 15) is 4.79 Å². The summed E-state index contributed by atoms with van der Waals surface area (Å²) in [6, 6.07) is 3.80. The largest absolute Gasteiger partial charge is 0.345 e. The fourth-order valence-electron chi connectivity index (χ4n) is 1.31. The number of aromatic nitrogens is 2. The Morgan fingerprint density at radius 3 is 3.15 bits per heavy atom. The van der Waals surface area contributed by atoms with E-state index in [1.54, 1.807) is 6.33 Å². The topological polar surface area (TPSA) is 57.8 Å². The normalized spacial score (nSPS) is 10.2. The zero-order chi connectivity index (χ0) is 9.26. The molecular weight excluding hydrogens is 166 g/mol. The first-order valence-corrected chi connectivity index (χ1v) is 3.95. The van der Waals surface area contributed by atoms with Crippen LogP contribution in [0.4, 0.5) is 5.69 Å². The van der Waals surface area contributed by atoms with Crippen molar-refractivity contribution in [3.05, 3.63) is 24.0 Å². The number of rotatable bonds is 2. The second-order valence-corrected chi connectivity index (χ2v) is 2.85. The number of nitrogens with zero attached hydrogens (tertiary/aromatic N) is 1. The predicted molar refractivity (Wildman–Crippen MR) is 50.5 cm³/mol. The summed E-state index contributed by atoms with van der Waals surface area (Å²) in [5.41, 5.74) is 3.65. The van der Waals surface area contributed by atoms with Gasteiger partial charge in [0.15, 0.2) is 0 Å². The van der Waals surface area contributed by atoms with Crippen molar-refractivity contribution in [2.75, 3.05) is 5.32 Å². The molecule has 2 aromatic rings. The van der Waals surface area contributed by atoms with E-state index in [4.69, 9.17) is 0 Å². The highest BCUT2D eigenvalue weighted by atomic mass is 16.1. The predicted octanol–water partition coefficient (Wildman–Crippen LogP) is 1.44. The Kier molecular flexibility index (Phi) is 1.73. The van der Waals surface area contributed by atoms with E-state index in [2.05, 4.69) is 15.3 Å². The quantitative estimate of drug-likeness (QED) is 0.678. The van der Waals surface area contributed by atoms with Crippen molar-refractivity contribution < 1.29 is 4.79 Å². The lowest BCUT2D eigenvalue weighted by atomic mass is 10.2. The lowest BCUT2D eigenvalue weighted by molar-refractivity contribution is -0.105. The van der Waals surface area contributed by atoms with Crippen LogP contribution < -0.4 is 5.32 Å². The summed E-state index contributed by atoms with van der Waals surface area (Å²) in [5.74, 6) is 0. The highest BCUT2D eigenvalue weighted by Gasteiger charge is 2.01. The van der Waals surface area contributed by atoms with Crippen molar-refractivity contribution in [2.24, 2.45) is 0 Å². The maximum absolute atomic E-state index is 10.3. The second-order valence-electron chi connectivity index (χ2n) is 2.85. The van der Waals surface area contributed by atoms with Crippen LogP contribution in [0.3, 0.4) is 0 Å². The third-order valence-electron chi connectivity index (χ3n) is 1.98. The van der Waals surface area contributed by atoms with Crippen LogP contribution in [-0.2, 0) is 4.79 Å². The van der Waals surface area contributed by atoms with E-state index in [-0.39, 0.29) is 0 Å². The van der Waals surface area contributed by atoms with E-state index >= 15 is 0 Å². The number of nitrogens with one attached hydrogen (secondary N) is 2. The molecule has 0 saturated heterocycles. The van der Waals surface area contributed by atoms with E-state index in [0.717, 1.165) is 22.3 Å². The van der Waals surface area contributed by atoms with Gasteiger partial charge in [0, 0.05) is 5.69 Å². The first kappa shape index (κ1) is 7.79. The summed E-state index contributed by atoms with van der Waals surface area (Å²) in [7, 11) is 0. The molecule has 2 rings (SSSR count). The molecule has 0 aliphatic carbocycles. The molecule has 66 valence electrons. The summed E-state index contributed by atoms with van der Waals surface area (Å²) in [4.78, 5) is 17.4. The van der Waals surface area contributed by atoms with Crippen LogP contribution in [0.2, 0.25) is 0 Å². The molecule has 0 radical (unpaired) electrons. The number of amides is 1. The molecule has 4 heteroatoms. The first-order valence-electron chi connectivity index (χ1n) is 3.95. The smallest absolute Gasteiger partial charge is 0.211 e. The molecule has 0 saturated carbocycles. The molecule has 13 heavy (non-hydrogen) atoms. The van der Waals surface area contributed by atoms with Crippen molar-refractivity contribution in [1.29, 1.82) is 0 Å². The Morgan fingerprint density at radius 1 is 1.54 bits per heavy atom. The standard InChI is InChI=1S/C9H9N3O/c1-6-2-8-9(11-4-10-8)3-7(6)12-5-13/h2-5H,1H3,(H,10,11)(H,12,13). The highest BCUT2D eigenvalue weighted by Crippen LogP contribution is 2.20. The molecule has 0 unspecified atom stereocenters. The van der Waals surface area contributed by atoms with E-state index in [1.165, 1.54) is 0 Å². The number of H-pyrrole nitrogens is 1. The highest BCUT2D eigenvalue weighted by molar-refractivity contribution is 5.84. The van der Waals surface area contributed by atoms with Crippen LogP contribution in [0.15, 0.2) is 18.5 Å². The monoisotopic (exact) mass is 175 g/mol. The number of aryl methyl sites for hydroxylation is 1. The maximum Gasteiger partial charge on any atom is 0.211 e. The number of carbonyl (C=O) groups is 1. The van der Waals surface area contributed by atoms with Gasteiger partial charge in [-0.1, -0.05) is 0 Å². The van der Waals surface area contributed by atoms with E-state index in [1.807, 2.05) is 19.1 Å². The third kappa shape index (κ3) is 1.26. The minimum absolute atomic E-state index is 0.667. The molecule has 1 aromatic carbocycles. The zero-order valence-electron chi connectivity index (χ0n) is 7.16. The Labute approximate surface area is 75.0 Å². The molecular formula is C9H9N3O. The van der Waals surface area contributed by atoms with Crippen LogP contribution in [-0.4, -0.2) is 16.4 Å². The number of aromatic amines is 1. The van der Waals surface area contributed by atoms with Gasteiger partial charge in [0.1, 0.15) is 0 Å². The van der Waals surface area contributed by atoms with Crippen LogP contribution in [0.1, 0.15) is 5.56 Å². The second kappa shape index (κ2) is 2.90. The number of imidazole rings is 1. The Morgan fingerprint density at radius 2 is 2.38 bits per heavy atom. The maximum atomic E-state index is 10.3. The van der Waals surface area contributed by atoms with Crippen LogP contribution in [0.5, 0.6) is 0 Å². The van der Waals surface area contributed by atoms with Crippen molar-refractivity contribution in [3.63, 3.8) is 0 Å². The molecule has 4 nitrogen and oxygen atoms in total. The molecule has 0 fully saturated rings. The first-order chi connectivity index (χ1) is 6.31. The number of fused-ring (bicyclic) bond motifs is 1. The molecule has 1 amide bonds. The SMILES string of the molecule is Cc1cc2[nH]cnc2cc1NC=O. The molecule has 0 spiro atoms. The van der Waals surface area contributed by atoms with Gasteiger partial charge < -0.3 is 10.3 Å². The van der Waals surface area contributed by atoms with Gasteiger partial charge in [-0.2, -0.15) is 0 Å². The zero-order valence-corrected chi connectivity index (χ0v) is 7.16. The summed E-state index contributed by atoms with van der Waals surface area (Å²) in [5, 5.41) is 2.62. The van der Waals surface area contributed by atoms with Crippen molar-refractivity contribution in [2.45, 2.75) is 6.92 Å². The average molecular weight is 175 g/mol. The number of benzene rings is 1. The Balaban J connectivity index is 2.62. The van der Waals surface area contributed by atoms with Gasteiger partial charge in [-0.3, -0.25) is 4.79 Å². The average Bonchev–Trinajstić information content (AvgIpc) is 2.52. The van der Waals surface area contributed by atoms with Gasteiger partial charge in [0.2, 0.25) is 6.41 Å². The van der Waals surface area contributed by atoms with Crippen molar-refractivity contribution >= 4 is 23.1 Å². The van der Waals surface area contributed by atoms with Gasteiger partial charge in [-0.15, -0.1) is 0 Å². The Hall–Kier alpha value is -1.84. The van der Waals surface area contributed by atoms with E-state index < -0.39 is 0 Å². The molecule has 2 N–H and O–H groups in total. The van der Waals surface area contributed by atoms with Crippen LogP contribution in [0, 0.1) is 6.92 Å². The number of hydrogen-bond donors (Lipinski definition) is 2. The fraction of sp³-hybridized carbons (Fsp3) is 0.111. The third-order valence-corrected chi connectivity index (χ3v) is 1.98. The van der Waals surface area contributed by atoms with Gasteiger partial charge in [0.25, 0.3) is 0 Å². The van der Waals surface area contributed by atoms with Gasteiger partial charge in [0.05, 0.1) is 17.4 Å². The number of hydrogen-bond acceptors (Lipinski definition) is 2. The summed E-state index contributed by atoms with van der Waals surface area (Å²) in [6.45, 7) is 1.94. The van der Waals surface area contributed by atoms with Crippen molar-refractivity contribution in [1.82, 2.24) is 9.97 Å². The van der Waals surface area contributed by atoms with Crippen LogP contribution in [0.25, 0.3) is 11.0 Å². The molecule has 0 bridgehead atoms. The minimum atomic E-state index is 0.667. The molecule has 0 aliphatic heterocycles. The lowest BCUT2D eigenvalue weighted by Crippen LogP contribution is -1.95. The fourth-order valence-corrected chi connectivity index (χ4v) is 1.31. The molecule has 0 atom stereocenters. The number of carbonyl (C=O) groups excluding carboxylic acids is 1. The summed E-state index contributed by atoms with van der Waals surface area (Å²) in [6.07, 6.45) is 2.30. The van der Waals surface area contributed by atoms with E-state index in [0.29, 0.717) is 6.41 Å². The van der Waals surface area contributed by atoms with Crippen molar-refractivity contribution in [3.8, 4) is 0 Å². The van der Waals surface area contributed by atoms with Crippen LogP contribution >= 0.6 is 0 Å². The molecule has 1 heterocycles. The summed E-state index contributed by atoms with van der Waals surface area (Å²) < 4.78 is 0. The van der Waals surface area contributed by atoms with Gasteiger partial charge in [-0.25, -0.2) is 4.98 Å². The van der Waals surface area contributed by atoms with Gasteiger partial charge >= 0.3 is 0 Å². The Bertz CT molecular complexity index is 447. The molecule has 0 aliphatic rings. The lowest BCUT2D eigenvalue weighted by Gasteiger charge is -2.02.